The molecule has 1 rings (SSSR count). The quantitative estimate of drug-likeness (QED) is 0.115. The fourth-order valence-corrected chi connectivity index (χ4v) is 3.02. The first kappa shape index (κ1) is 29.2. The van der Waals surface area contributed by atoms with Gasteiger partial charge in [0.1, 0.15) is 23.9 Å². The molecule has 0 fully saturated rings. The predicted octanol–water partition coefficient (Wildman–Crippen LogP) is -2.92. The molecule has 10 N–H and O–H groups in total. The SMILES string of the molecule is NC(=O)CC(NC(=O)C(Cc1ccc(O)cc1)NC(=O)C(N)CC(=O)O)C(=O)NC(CS)C(=O)O. The van der Waals surface area contributed by atoms with E-state index in [1.807, 2.05) is 0 Å². The van der Waals surface area contributed by atoms with Gasteiger partial charge in [0.25, 0.3) is 0 Å². The van der Waals surface area contributed by atoms with Crippen LogP contribution in [0.1, 0.15) is 18.4 Å². The van der Waals surface area contributed by atoms with Crippen LogP contribution in [0.15, 0.2) is 24.3 Å². The Morgan fingerprint density at radius 1 is 0.829 bits per heavy atom. The van der Waals surface area contributed by atoms with Crippen LogP contribution in [0.3, 0.4) is 0 Å². The smallest absolute Gasteiger partial charge is 0.327 e. The second kappa shape index (κ2) is 13.8. The number of carboxylic acid groups (broad SMARTS) is 2. The van der Waals surface area contributed by atoms with Gasteiger partial charge in [-0.15, -0.1) is 0 Å². The lowest BCUT2D eigenvalue weighted by molar-refractivity contribution is -0.141. The summed E-state index contributed by atoms with van der Waals surface area (Å²) in [7, 11) is 0. The summed E-state index contributed by atoms with van der Waals surface area (Å²) < 4.78 is 0. The lowest BCUT2D eigenvalue weighted by atomic mass is 10.0. The summed E-state index contributed by atoms with van der Waals surface area (Å²) in [5, 5.41) is 34.0. The molecule has 0 aliphatic rings. The largest absolute Gasteiger partial charge is 0.508 e. The van der Waals surface area contributed by atoms with Crippen molar-refractivity contribution in [3.8, 4) is 5.75 Å². The van der Waals surface area contributed by atoms with Gasteiger partial charge in [0.2, 0.25) is 23.6 Å². The Kier molecular flexibility index (Phi) is 11.5. The van der Waals surface area contributed by atoms with Crippen molar-refractivity contribution in [2.24, 2.45) is 11.5 Å². The maximum atomic E-state index is 13.0. The lowest BCUT2D eigenvalue weighted by Gasteiger charge is -2.24. The first-order valence-corrected chi connectivity index (χ1v) is 10.8. The summed E-state index contributed by atoms with van der Waals surface area (Å²) in [5.41, 5.74) is 11.2. The van der Waals surface area contributed by atoms with Crippen molar-refractivity contribution in [2.45, 2.75) is 43.4 Å². The molecule has 0 aliphatic carbocycles. The minimum absolute atomic E-state index is 0.0577. The summed E-state index contributed by atoms with van der Waals surface area (Å²) in [6, 6.07) is -0.319. The fraction of sp³-hybridized carbons (Fsp3) is 0.400. The number of carbonyl (C=O) groups excluding carboxylic acids is 4. The van der Waals surface area contributed by atoms with Crippen LogP contribution in [0, 0.1) is 0 Å². The molecule has 0 radical (unpaired) electrons. The molecule has 1 aromatic carbocycles. The van der Waals surface area contributed by atoms with E-state index in [0.29, 0.717) is 5.56 Å². The van der Waals surface area contributed by atoms with Crippen molar-refractivity contribution in [3.63, 3.8) is 0 Å². The monoisotopic (exact) mass is 513 g/mol. The molecule has 15 heteroatoms. The maximum absolute atomic E-state index is 13.0. The second-order valence-electron chi connectivity index (χ2n) is 7.45. The number of amides is 4. The second-order valence-corrected chi connectivity index (χ2v) is 7.81. The number of carboxylic acids is 2. The van der Waals surface area contributed by atoms with Gasteiger partial charge >= 0.3 is 11.9 Å². The van der Waals surface area contributed by atoms with Crippen LogP contribution in [0.5, 0.6) is 5.75 Å². The molecule has 4 unspecified atom stereocenters. The molecule has 4 amide bonds. The van der Waals surface area contributed by atoms with E-state index < -0.39 is 72.6 Å². The third kappa shape index (κ3) is 10.3. The number of nitrogens with two attached hydrogens (primary N) is 2. The Morgan fingerprint density at radius 2 is 1.34 bits per heavy atom. The third-order valence-corrected chi connectivity index (χ3v) is 4.94. The Labute approximate surface area is 204 Å². The Balaban J connectivity index is 3.13. The number of benzene rings is 1. The first-order chi connectivity index (χ1) is 16.3. The van der Waals surface area contributed by atoms with E-state index >= 15 is 0 Å². The van der Waals surface area contributed by atoms with Crippen LogP contribution in [0.4, 0.5) is 0 Å². The van der Waals surface area contributed by atoms with Crippen molar-refractivity contribution in [1.82, 2.24) is 16.0 Å². The number of phenols is 1. The molecular weight excluding hydrogens is 486 g/mol. The normalized spacial score (nSPS) is 14.0. The summed E-state index contributed by atoms with van der Waals surface area (Å²) in [6.45, 7) is 0. The summed E-state index contributed by atoms with van der Waals surface area (Å²) >= 11 is 3.82. The van der Waals surface area contributed by atoms with Gasteiger partial charge < -0.3 is 42.7 Å². The topological polar surface area (TPSA) is 251 Å². The van der Waals surface area contributed by atoms with Gasteiger partial charge in [-0.05, 0) is 17.7 Å². The fourth-order valence-electron chi connectivity index (χ4n) is 2.78. The van der Waals surface area contributed by atoms with Crippen LogP contribution < -0.4 is 27.4 Å². The van der Waals surface area contributed by atoms with Crippen LogP contribution in [0.25, 0.3) is 0 Å². The van der Waals surface area contributed by atoms with E-state index in [1.54, 1.807) is 0 Å². The molecule has 0 heterocycles. The maximum Gasteiger partial charge on any atom is 0.327 e. The van der Waals surface area contributed by atoms with Gasteiger partial charge in [0.15, 0.2) is 0 Å². The highest BCUT2D eigenvalue weighted by Gasteiger charge is 2.31. The van der Waals surface area contributed by atoms with Crippen molar-refractivity contribution < 1.29 is 44.1 Å². The number of hydrogen-bond acceptors (Lipinski definition) is 9. The Morgan fingerprint density at radius 3 is 1.83 bits per heavy atom. The summed E-state index contributed by atoms with van der Waals surface area (Å²) in [6.07, 6.45) is -1.57. The zero-order chi connectivity index (χ0) is 26.7. The highest BCUT2D eigenvalue weighted by atomic mass is 32.1. The van der Waals surface area contributed by atoms with Crippen LogP contribution in [0.2, 0.25) is 0 Å². The average Bonchev–Trinajstić information content (AvgIpc) is 2.76. The molecule has 0 saturated heterocycles. The first-order valence-electron chi connectivity index (χ1n) is 10.1. The van der Waals surface area contributed by atoms with Crippen LogP contribution in [-0.4, -0.2) is 80.8 Å². The number of thiol groups is 1. The van der Waals surface area contributed by atoms with E-state index in [2.05, 4.69) is 28.6 Å². The molecular formula is C20H27N5O9S. The van der Waals surface area contributed by atoms with E-state index in [4.69, 9.17) is 21.7 Å². The van der Waals surface area contributed by atoms with Crippen molar-refractivity contribution in [2.75, 3.05) is 5.75 Å². The molecule has 0 spiro atoms. The van der Waals surface area contributed by atoms with Crippen molar-refractivity contribution >= 4 is 48.2 Å². The van der Waals surface area contributed by atoms with Crippen molar-refractivity contribution in [1.29, 1.82) is 0 Å². The standard InChI is InChI=1S/C20H27N5O9S/c21-11(6-16(28)29)17(30)23-12(5-9-1-3-10(26)4-2-9)18(31)24-13(7-15(22)27)19(32)25-14(8-35)20(33)34/h1-4,11-14,26,35H,5-8,21H2,(H2,22,27)(H,23,30)(H,24,31)(H,25,32)(H,28,29)(H,33,34). The van der Waals surface area contributed by atoms with Crippen LogP contribution in [-0.2, 0) is 35.2 Å². The zero-order valence-electron chi connectivity index (χ0n) is 18.3. The third-order valence-electron chi connectivity index (χ3n) is 4.58. The molecule has 1 aromatic rings. The predicted molar refractivity (Wildman–Crippen MR) is 123 cm³/mol. The lowest BCUT2D eigenvalue weighted by Crippen LogP contribution is -2.58. The molecule has 0 bridgehead atoms. The summed E-state index contributed by atoms with van der Waals surface area (Å²) in [5.74, 6) is -7.03. The molecule has 4 atom stereocenters. The highest BCUT2D eigenvalue weighted by Crippen LogP contribution is 2.12. The van der Waals surface area contributed by atoms with E-state index in [0.717, 1.165) is 0 Å². The van der Waals surface area contributed by atoms with Gasteiger partial charge in [0, 0.05) is 12.2 Å². The zero-order valence-corrected chi connectivity index (χ0v) is 19.2. The Bertz CT molecular complexity index is 957. The van der Waals surface area contributed by atoms with Crippen molar-refractivity contribution in [3.05, 3.63) is 29.8 Å². The highest BCUT2D eigenvalue weighted by molar-refractivity contribution is 7.80. The number of carbonyl (C=O) groups is 6. The van der Waals surface area contributed by atoms with E-state index in [-0.39, 0.29) is 17.9 Å². The summed E-state index contributed by atoms with van der Waals surface area (Å²) in [4.78, 5) is 71.3. The number of phenolic OH excluding ortho intramolecular Hbond substituents is 1. The average molecular weight is 514 g/mol. The van der Waals surface area contributed by atoms with Gasteiger partial charge in [-0.3, -0.25) is 24.0 Å². The van der Waals surface area contributed by atoms with Crippen LogP contribution >= 0.6 is 12.6 Å². The number of nitrogens with one attached hydrogen (secondary N) is 3. The number of hydrogen-bond donors (Lipinski definition) is 9. The van der Waals surface area contributed by atoms with Gasteiger partial charge in [-0.2, -0.15) is 12.6 Å². The minimum atomic E-state index is -1.59. The van der Waals surface area contributed by atoms with Gasteiger partial charge in [-0.25, -0.2) is 4.79 Å². The molecule has 35 heavy (non-hydrogen) atoms. The molecule has 0 aliphatic heterocycles. The number of primary amides is 1. The Hall–Kier alpha value is -3.85. The number of aliphatic carboxylic acids is 2. The molecule has 14 nitrogen and oxygen atoms in total. The number of aromatic hydroxyl groups is 1. The minimum Gasteiger partial charge on any atom is -0.508 e. The molecule has 0 saturated carbocycles. The molecule has 0 aromatic heterocycles. The van der Waals surface area contributed by atoms with E-state index in [9.17, 15) is 33.9 Å². The van der Waals surface area contributed by atoms with Gasteiger partial charge in [-0.1, -0.05) is 12.1 Å². The van der Waals surface area contributed by atoms with Gasteiger partial charge in [0.05, 0.1) is 18.9 Å². The number of rotatable bonds is 14. The van der Waals surface area contributed by atoms with E-state index in [1.165, 1.54) is 24.3 Å². The molecule has 192 valence electrons.